The first-order valence-corrected chi connectivity index (χ1v) is 5.91. The van der Waals surface area contributed by atoms with E-state index in [-0.39, 0.29) is 0 Å². The minimum atomic E-state index is 0.704. The van der Waals surface area contributed by atoms with Crippen LogP contribution in [0.3, 0.4) is 0 Å². The minimum absolute atomic E-state index is 0.704. The van der Waals surface area contributed by atoms with Crippen molar-refractivity contribution < 1.29 is 0 Å². The lowest BCUT2D eigenvalue weighted by Crippen LogP contribution is -1.96. The van der Waals surface area contributed by atoms with Crippen LogP contribution in [-0.2, 0) is 13.5 Å². The van der Waals surface area contributed by atoms with E-state index in [0.717, 1.165) is 12.1 Å². The Morgan fingerprint density at radius 1 is 1.47 bits per heavy atom. The highest BCUT2D eigenvalue weighted by Crippen LogP contribution is 2.28. The smallest absolute Gasteiger partial charge is 0.121 e. The number of hydrogen-bond acceptors (Lipinski definition) is 3. The summed E-state index contributed by atoms with van der Waals surface area (Å²) in [6, 6.07) is 6.22. The fourth-order valence-electron chi connectivity index (χ4n) is 1.50. The molecule has 2 aromatic heterocycles. The molecule has 0 unspecified atom stereocenters. The molecular weight excluding hydrogens is 206 g/mol. The molecule has 3 nitrogen and oxygen atoms in total. The molecule has 0 amide bonds. The highest BCUT2D eigenvalue weighted by Gasteiger charge is 2.07. The van der Waals surface area contributed by atoms with Crippen molar-refractivity contribution >= 4 is 17.2 Å². The second kappa shape index (κ2) is 4.06. The summed E-state index contributed by atoms with van der Waals surface area (Å²) in [5.41, 5.74) is 6.72. The molecule has 0 aliphatic carbocycles. The molecule has 0 spiro atoms. The van der Waals surface area contributed by atoms with Crippen molar-refractivity contribution in [2.45, 2.75) is 19.8 Å². The van der Waals surface area contributed by atoms with Crippen LogP contribution in [0, 0.1) is 0 Å². The Balaban J connectivity index is 2.28. The first-order valence-electron chi connectivity index (χ1n) is 5.09. The molecular formula is C11H15N3S. The molecule has 80 valence electrons. The summed E-state index contributed by atoms with van der Waals surface area (Å²) in [5, 5.41) is 4.36. The SMILES string of the molecule is CCCc1ccc(-c2cc(N)n(C)n2)s1. The van der Waals surface area contributed by atoms with E-state index in [2.05, 4.69) is 24.2 Å². The summed E-state index contributed by atoms with van der Waals surface area (Å²) in [4.78, 5) is 2.61. The van der Waals surface area contributed by atoms with Crippen molar-refractivity contribution in [1.29, 1.82) is 0 Å². The van der Waals surface area contributed by atoms with Gasteiger partial charge in [0.2, 0.25) is 0 Å². The van der Waals surface area contributed by atoms with Crippen LogP contribution in [-0.4, -0.2) is 9.78 Å². The predicted molar refractivity (Wildman–Crippen MR) is 64.9 cm³/mol. The highest BCUT2D eigenvalue weighted by atomic mass is 32.1. The maximum Gasteiger partial charge on any atom is 0.121 e. The molecule has 15 heavy (non-hydrogen) atoms. The van der Waals surface area contributed by atoms with Gasteiger partial charge in [-0.15, -0.1) is 11.3 Å². The van der Waals surface area contributed by atoms with Crippen LogP contribution in [0.15, 0.2) is 18.2 Å². The summed E-state index contributed by atoms with van der Waals surface area (Å²) in [5.74, 6) is 0.704. The predicted octanol–water partition coefficient (Wildman–Crippen LogP) is 2.68. The molecule has 0 bridgehead atoms. The number of hydrogen-bond donors (Lipinski definition) is 1. The maximum atomic E-state index is 5.75. The van der Waals surface area contributed by atoms with Gasteiger partial charge in [-0.3, -0.25) is 4.68 Å². The molecule has 2 rings (SSSR count). The molecule has 0 fully saturated rings. The number of nitrogens with zero attached hydrogens (tertiary/aromatic N) is 2. The summed E-state index contributed by atoms with van der Waals surface area (Å²) >= 11 is 1.80. The second-order valence-electron chi connectivity index (χ2n) is 3.59. The van der Waals surface area contributed by atoms with Crippen molar-refractivity contribution in [1.82, 2.24) is 9.78 Å². The van der Waals surface area contributed by atoms with Gasteiger partial charge in [0.15, 0.2) is 0 Å². The van der Waals surface area contributed by atoms with Gasteiger partial charge in [0.25, 0.3) is 0 Å². The van der Waals surface area contributed by atoms with Crippen LogP contribution in [0.2, 0.25) is 0 Å². The molecule has 4 heteroatoms. The fourth-order valence-corrected chi connectivity index (χ4v) is 2.56. The molecule has 2 aromatic rings. The third-order valence-electron chi connectivity index (χ3n) is 2.33. The second-order valence-corrected chi connectivity index (χ2v) is 4.76. The number of rotatable bonds is 3. The molecule has 2 N–H and O–H groups in total. The average Bonchev–Trinajstić information content (AvgIpc) is 2.76. The fraction of sp³-hybridized carbons (Fsp3) is 0.364. The molecule has 0 aliphatic heterocycles. The van der Waals surface area contributed by atoms with E-state index in [9.17, 15) is 0 Å². The van der Waals surface area contributed by atoms with Gasteiger partial charge in [0, 0.05) is 18.0 Å². The molecule has 0 radical (unpaired) electrons. The van der Waals surface area contributed by atoms with Crippen molar-refractivity contribution in [3.8, 4) is 10.6 Å². The summed E-state index contributed by atoms with van der Waals surface area (Å²) in [6.07, 6.45) is 2.33. The van der Waals surface area contributed by atoms with E-state index in [0.29, 0.717) is 5.82 Å². The van der Waals surface area contributed by atoms with Gasteiger partial charge in [-0.2, -0.15) is 5.10 Å². The summed E-state index contributed by atoms with van der Waals surface area (Å²) in [7, 11) is 1.86. The number of anilines is 1. The molecule has 0 saturated heterocycles. The largest absolute Gasteiger partial charge is 0.384 e. The van der Waals surface area contributed by atoms with Crippen molar-refractivity contribution in [2.75, 3.05) is 5.73 Å². The Labute approximate surface area is 93.5 Å². The van der Waals surface area contributed by atoms with Gasteiger partial charge in [0.1, 0.15) is 11.5 Å². The number of nitrogen functional groups attached to an aromatic ring is 1. The Kier molecular flexibility index (Phi) is 2.77. The molecule has 0 aromatic carbocycles. The quantitative estimate of drug-likeness (QED) is 0.866. The van der Waals surface area contributed by atoms with Gasteiger partial charge >= 0.3 is 0 Å². The standard InChI is InChI=1S/C11H15N3S/c1-3-4-8-5-6-10(15-8)9-7-11(12)14(2)13-9/h5-7H,3-4,12H2,1-2H3. The van der Waals surface area contributed by atoms with Gasteiger partial charge in [-0.05, 0) is 18.6 Å². The van der Waals surface area contributed by atoms with E-state index in [1.165, 1.54) is 16.2 Å². The van der Waals surface area contributed by atoms with E-state index in [1.807, 2.05) is 13.1 Å². The van der Waals surface area contributed by atoms with Crippen LogP contribution < -0.4 is 5.73 Å². The lowest BCUT2D eigenvalue weighted by molar-refractivity contribution is 0.783. The normalized spacial score (nSPS) is 10.8. The van der Waals surface area contributed by atoms with E-state index < -0.39 is 0 Å². The number of thiophene rings is 1. The first kappa shape index (κ1) is 10.2. The highest BCUT2D eigenvalue weighted by molar-refractivity contribution is 7.15. The Morgan fingerprint density at radius 3 is 2.87 bits per heavy atom. The average molecular weight is 221 g/mol. The van der Waals surface area contributed by atoms with Gasteiger partial charge < -0.3 is 5.73 Å². The number of aryl methyl sites for hydroxylation is 2. The van der Waals surface area contributed by atoms with Crippen LogP contribution in [0.5, 0.6) is 0 Å². The van der Waals surface area contributed by atoms with E-state index in [1.54, 1.807) is 16.0 Å². The molecule has 2 heterocycles. The third-order valence-corrected chi connectivity index (χ3v) is 3.49. The molecule has 0 saturated carbocycles. The van der Waals surface area contributed by atoms with E-state index >= 15 is 0 Å². The summed E-state index contributed by atoms with van der Waals surface area (Å²) in [6.45, 7) is 2.19. The summed E-state index contributed by atoms with van der Waals surface area (Å²) < 4.78 is 1.70. The lowest BCUT2D eigenvalue weighted by Gasteiger charge is -1.90. The van der Waals surface area contributed by atoms with E-state index in [4.69, 9.17) is 5.73 Å². The van der Waals surface area contributed by atoms with Gasteiger partial charge in [-0.1, -0.05) is 13.3 Å². The Hall–Kier alpha value is -1.29. The van der Waals surface area contributed by atoms with Gasteiger partial charge in [-0.25, -0.2) is 0 Å². The maximum absolute atomic E-state index is 5.75. The van der Waals surface area contributed by atoms with Gasteiger partial charge in [0.05, 0.1) is 4.88 Å². The van der Waals surface area contributed by atoms with Crippen LogP contribution in [0.4, 0.5) is 5.82 Å². The molecule has 0 atom stereocenters. The number of aromatic nitrogens is 2. The minimum Gasteiger partial charge on any atom is -0.384 e. The zero-order valence-corrected chi connectivity index (χ0v) is 9.84. The van der Waals surface area contributed by atoms with Crippen molar-refractivity contribution in [3.05, 3.63) is 23.1 Å². The van der Waals surface area contributed by atoms with Crippen LogP contribution in [0.25, 0.3) is 10.6 Å². The Morgan fingerprint density at radius 2 is 2.27 bits per heavy atom. The van der Waals surface area contributed by atoms with Crippen molar-refractivity contribution in [2.24, 2.45) is 7.05 Å². The molecule has 0 aliphatic rings. The monoisotopic (exact) mass is 221 g/mol. The third kappa shape index (κ3) is 2.04. The lowest BCUT2D eigenvalue weighted by atomic mass is 10.3. The van der Waals surface area contributed by atoms with Crippen LogP contribution in [0.1, 0.15) is 18.2 Å². The van der Waals surface area contributed by atoms with Crippen molar-refractivity contribution in [3.63, 3.8) is 0 Å². The van der Waals surface area contributed by atoms with Crippen LogP contribution >= 0.6 is 11.3 Å². The zero-order chi connectivity index (χ0) is 10.8. The topological polar surface area (TPSA) is 43.8 Å². The first-order chi connectivity index (χ1) is 7.20. The zero-order valence-electron chi connectivity index (χ0n) is 9.03. The number of nitrogens with two attached hydrogens (primary N) is 1. The Bertz CT molecular complexity index is 437.